The maximum atomic E-state index is 11.4. The Morgan fingerprint density at radius 1 is 1.47 bits per heavy atom. The van der Waals surface area contributed by atoms with Gasteiger partial charge in [0.25, 0.3) is 5.56 Å². The van der Waals surface area contributed by atoms with Gasteiger partial charge in [0.2, 0.25) is 0 Å². The number of nitrogens with one attached hydrogen (secondary N) is 1. The highest BCUT2D eigenvalue weighted by Gasteiger charge is 2.20. The minimum atomic E-state index is -0.563. The minimum Gasteiger partial charge on any atom is -0.393 e. The summed E-state index contributed by atoms with van der Waals surface area (Å²) in [7, 11) is 0. The van der Waals surface area contributed by atoms with Gasteiger partial charge in [-0.25, -0.2) is 4.79 Å². The predicted octanol–water partition coefficient (Wildman–Crippen LogP) is -1.02. The molecule has 0 aromatic carbocycles. The molecule has 80 valence electrons. The first-order valence-electron chi connectivity index (χ1n) is 4.47. The van der Waals surface area contributed by atoms with Crippen LogP contribution in [0.15, 0.2) is 34.0 Å². The van der Waals surface area contributed by atoms with Gasteiger partial charge in [-0.1, -0.05) is 6.08 Å². The highest BCUT2D eigenvalue weighted by atomic mass is 16.5. The third kappa shape index (κ3) is 1.90. The Labute approximate surface area is 84.4 Å². The van der Waals surface area contributed by atoms with E-state index in [4.69, 9.17) is 9.84 Å². The lowest BCUT2D eigenvalue weighted by atomic mass is 10.4. The lowest BCUT2D eigenvalue weighted by Crippen LogP contribution is -2.31. The molecule has 1 aliphatic heterocycles. The van der Waals surface area contributed by atoms with Gasteiger partial charge in [-0.3, -0.25) is 14.3 Å². The third-order valence-corrected chi connectivity index (χ3v) is 2.11. The molecule has 6 heteroatoms. The van der Waals surface area contributed by atoms with Crippen LogP contribution in [-0.4, -0.2) is 27.4 Å². The Morgan fingerprint density at radius 3 is 2.87 bits per heavy atom. The molecule has 1 aliphatic rings. The quantitative estimate of drug-likeness (QED) is 0.612. The molecule has 2 rings (SSSR count). The average molecular weight is 210 g/mol. The molecule has 0 amide bonds. The van der Waals surface area contributed by atoms with E-state index in [9.17, 15) is 9.59 Å². The fraction of sp³-hybridized carbons (Fsp3) is 0.333. The van der Waals surface area contributed by atoms with Crippen molar-refractivity contribution in [1.29, 1.82) is 0 Å². The molecule has 15 heavy (non-hydrogen) atoms. The van der Waals surface area contributed by atoms with E-state index in [1.807, 2.05) is 0 Å². The molecule has 0 aliphatic carbocycles. The van der Waals surface area contributed by atoms with Crippen molar-refractivity contribution in [3.63, 3.8) is 0 Å². The topological polar surface area (TPSA) is 84.3 Å². The van der Waals surface area contributed by atoms with E-state index in [1.54, 1.807) is 12.2 Å². The van der Waals surface area contributed by atoms with Crippen LogP contribution in [0, 0.1) is 0 Å². The molecule has 0 fully saturated rings. The van der Waals surface area contributed by atoms with E-state index in [-0.39, 0.29) is 6.61 Å². The van der Waals surface area contributed by atoms with Crippen LogP contribution in [0.2, 0.25) is 0 Å². The second-order valence-electron chi connectivity index (χ2n) is 3.15. The van der Waals surface area contributed by atoms with Gasteiger partial charge >= 0.3 is 5.69 Å². The van der Waals surface area contributed by atoms with E-state index in [0.717, 1.165) is 0 Å². The first-order valence-corrected chi connectivity index (χ1v) is 4.47. The number of aliphatic hydroxyl groups excluding tert-OH is 1. The van der Waals surface area contributed by atoms with Crippen LogP contribution in [0.5, 0.6) is 0 Å². The summed E-state index contributed by atoms with van der Waals surface area (Å²) < 4.78 is 6.54. The number of rotatable bonds is 2. The van der Waals surface area contributed by atoms with Gasteiger partial charge in [0.1, 0.15) is 6.10 Å². The van der Waals surface area contributed by atoms with Crippen molar-refractivity contribution >= 4 is 0 Å². The number of aromatic amines is 1. The Morgan fingerprint density at radius 2 is 2.27 bits per heavy atom. The van der Waals surface area contributed by atoms with Crippen LogP contribution in [-0.2, 0) is 4.74 Å². The first-order chi connectivity index (χ1) is 7.20. The van der Waals surface area contributed by atoms with Gasteiger partial charge in [-0.05, 0) is 6.08 Å². The van der Waals surface area contributed by atoms with Crippen LogP contribution < -0.4 is 11.2 Å². The van der Waals surface area contributed by atoms with Crippen LogP contribution in [0.4, 0.5) is 0 Å². The standard InChI is InChI=1S/C9H10N2O4/c12-5-6-1-2-8(15-6)11-4-3-7(13)10-9(11)14/h1-4,6,8,12H,5H2,(H,10,13,14)/t6-,8+/m1/s1. The van der Waals surface area contributed by atoms with Crippen molar-refractivity contribution < 1.29 is 9.84 Å². The summed E-state index contributed by atoms with van der Waals surface area (Å²) in [6.07, 6.45) is 3.72. The lowest BCUT2D eigenvalue weighted by Gasteiger charge is -2.13. The summed E-state index contributed by atoms with van der Waals surface area (Å²) in [6.45, 7) is -0.134. The van der Waals surface area contributed by atoms with Crippen molar-refractivity contribution in [2.75, 3.05) is 6.61 Å². The highest BCUT2D eigenvalue weighted by Crippen LogP contribution is 2.18. The van der Waals surface area contributed by atoms with Crippen molar-refractivity contribution in [1.82, 2.24) is 9.55 Å². The average Bonchev–Trinajstić information content (AvgIpc) is 2.66. The first kappa shape index (κ1) is 9.88. The van der Waals surface area contributed by atoms with Gasteiger partial charge in [0, 0.05) is 12.3 Å². The van der Waals surface area contributed by atoms with Gasteiger partial charge in [0.05, 0.1) is 6.61 Å². The van der Waals surface area contributed by atoms with E-state index in [1.165, 1.54) is 16.8 Å². The zero-order chi connectivity index (χ0) is 10.8. The normalized spacial score (nSPS) is 24.6. The fourth-order valence-corrected chi connectivity index (χ4v) is 1.38. The summed E-state index contributed by atoms with van der Waals surface area (Å²) in [5.41, 5.74) is -0.979. The maximum Gasteiger partial charge on any atom is 0.330 e. The summed E-state index contributed by atoms with van der Waals surface area (Å²) in [6, 6.07) is 1.24. The highest BCUT2D eigenvalue weighted by molar-refractivity contribution is 5.01. The van der Waals surface area contributed by atoms with Crippen molar-refractivity contribution in [3.8, 4) is 0 Å². The van der Waals surface area contributed by atoms with Gasteiger partial charge in [0.15, 0.2) is 6.23 Å². The molecule has 0 radical (unpaired) electrons. The van der Waals surface area contributed by atoms with Crippen molar-refractivity contribution in [2.24, 2.45) is 0 Å². The zero-order valence-electron chi connectivity index (χ0n) is 7.79. The monoisotopic (exact) mass is 210 g/mol. The van der Waals surface area contributed by atoms with Crippen LogP contribution in [0.25, 0.3) is 0 Å². The molecule has 2 heterocycles. The van der Waals surface area contributed by atoms with Gasteiger partial charge in [-0.2, -0.15) is 0 Å². The Kier molecular flexibility index (Phi) is 2.53. The molecule has 1 aromatic heterocycles. The van der Waals surface area contributed by atoms with Crippen molar-refractivity contribution in [2.45, 2.75) is 12.3 Å². The van der Waals surface area contributed by atoms with E-state index >= 15 is 0 Å². The molecule has 0 unspecified atom stereocenters. The molecule has 2 N–H and O–H groups in total. The number of hydrogen-bond donors (Lipinski definition) is 2. The number of aliphatic hydroxyl groups is 1. The smallest absolute Gasteiger partial charge is 0.330 e. The molecular weight excluding hydrogens is 200 g/mol. The maximum absolute atomic E-state index is 11.4. The Bertz CT molecular complexity index is 487. The van der Waals surface area contributed by atoms with Crippen LogP contribution in [0.3, 0.4) is 0 Å². The fourth-order valence-electron chi connectivity index (χ4n) is 1.38. The molecule has 6 nitrogen and oxygen atoms in total. The Balaban J connectivity index is 2.29. The number of ether oxygens (including phenoxy) is 1. The Hall–Kier alpha value is -1.66. The van der Waals surface area contributed by atoms with Crippen LogP contribution >= 0.6 is 0 Å². The van der Waals surface area contributed by atoms with Crippen LogP contribution in [0.1, 0.15) is 6.23 Å². The lowest BCUT2D eigenvalue weighted by molar-refractivity contribution is -0.0103. The SMILES string of the molecule is O=c1ccn([C@@H]2C=C[C@H](CO)O2)c(=O)[nH]1. The molecule has 0 saturated heterocycles. The summed E-state index contributed by atoms with van der Waals surface area (Å²) in [5.74, 6) is 0. The summed E-state index contributed by atoms with van der Waals surface area (Å²) in [5, 5.41) is 8.82. The van der Waals surface area contributed by atoms with Gasteiger partial charge < -0.3 is 9.84 Å². The van der Waals surface area contributed by atoms with E-state index in [2.05, 4.69) is 4.98 Å². The molecule has 0 spiro atoms. The second-order valence-corrected chi connectivity index (χ2v) is 3.15. The molecular formula is C9H10N2O4. The summed E-state index contributed by atoms with van der Waals surface area (Å²) >= 11 is 0. The number of hydrogen-bond acceptors (Lipinski definition) is 4. The number of aromatic nitrogens is 2. The zero-order valence-corrected chi connectivity index (χ0v) is 7.79. The minimum absolute atomic E-state index is 0.134. The second kappa shape index (κ2) is 3.84. The number of nitrogens with zero attached hydrogens (tertiary/aromatic N) is 1. The largest absolute Gasteiger partial charge is 0.393 e. The molecule has 1 aromatic rings. The predicted molar refractivity (Wildman–Crippen MR) is 51.5 cm³/mol. The molecule has 2 atom stereocenters. The summed E-state index contributed by atoms with van der Waals surface area (Å²) in [4.78, 5) is 24.3. The van der Waals surface area contributed by atoms with Crippen molar-refractivity contribution in [3.05, 3.63) is 45.3 Å². The van der Waals surface area contributed by atoms with Gasteiger partial charge in [-0.15, -0.1) is 0 Å². The molecule has 0 bridgehead atoms. The molecule has 0 saturated carbocycles. The number of H-pyrrole nitrogens is 1. The van der Waals surface area contributed by atoms with E-state index < -0.39 is 23.6 Å². The van der Waals surface area contributed by atoms with E-state index in [0.29, 0.717) is 0 Å². The third-order valence-electron chi connectivity index (χ3n) is 2.11.